The number of morpholine rings is 1. The number of halogens is 4. The number of hydrogen-bond acceptors (Lipinski definition) is 4. The van der Waals surface area contributed by atoms with Gasteiger partial charge in [-0.05, 0) is 29.3 Å². The molecule has 0 spiro atoms. The first-order valence-electron chi connectivity index (χ1n) is 8.93. The Morgan fingerprint density at radius 1 is 1.17 bits per heavy atom. The van der Waals surface area contributed by atoms with E-state index in [0.29, 0.717) is 37.6 Å². The number of rotatable bonds is 5. The lowest BCUT2D eigenvalue weighted by atomic mass is 10.1. The quantitative estimate of drug-likeness (QED) is 0.468. The number of benzene rings is 2. The Bertz CT molecular complexity index is 894. The largest absolute Gasteiger partial charge is 0.416 e. The van der Waals surface area contributed by atoms with Crippen LogP contribution in [0.15, 0.2) is 47.6 Å². The maximum atomic E-state index is 14.3. The van der Waals surface area contributed by atoms with Crippen molar-refractivity contribution in [2.75, 3.05) is 31.2 Å². The lowest BCUT2D eigenvalue weighted by Gasteiger charge is -2.29. The van der Waals surface area contributed by atoms with Gasteiger partial charge in [0.1, 0.15) is 5.82 Å². The number of carbonyl (C=O) groups excluding carboxylic acids is 1. The molecule has 0 saturated carbocycles. The zero-order valence-electron chi connectivity index (χ0n) is 15.4. The molecule has 0 aromatic heterocycles. The average molecular weight is 409 g/mol. The van der Waals surface area contributed by atoms with Crippen LogP contribution in [0.3, 0.4) is 0 Å². The van der Waals surface area contributed by atoms with Crippen molar-refractivity contribution < 1.29 is 27.1 Å². The zero-order valence-corrected chi connectivity index (χ0v) is 15.4. The lowest BCUT2D eigenvalue weighted by Crippen LogP contribution is -2.36. The molecule has 5 nitrogen and oxygen atoms in total. The lowest BCUT2D eigenvalue weighted by molar-refractivity contribution is -0.137. The summed E-state index contributed by atoms with van der Waals surface area (Å²) in [6, 6.07) is 9.12. The van der Waals surface area contributed by atoms with Crippen LogP contribution in [0.5, 0.6) is 0 Å². The van der Waals surface area contributed by atoms with Gasteiger partial charge >= 0.3 is 6.18 Å². The molecule has 2 aromatic rings. The topological polar surface area (TPSA) is 53.9 Å². The molecule has 1 N–H and O–H groups in total. The molecule has 1 aliphatic rings. The molecule has 1 saturated heterocycles. The van der Waals surface area contributed by atoms with Crippen molar-refractivity contribution in [3.63, 3.8) is 0 Å². The van der Waals surface area contributed by atoms with Gasteiger partial charge in [-0.15, -0.1) is 0 Å². The molecule has 9 heteroatoms. The molecule has 1 aliphatic heterocycles. The molecule has 0 radical (unpaired) electrons. The Hall–Kier alpha value is -2.94. The van der Waals surface area contributed by atoms with E-state index in [0.717, 1.165) is 12.1 Å². The number of ether oxygens (including phenoxy) is 1. The van der Waals surface area contributed by atoms with Crippen molar-refractivity contribution in [1.82, 2.24) is 5.43 Å². The molecule has 1 amide bonds. The second-order valence-corrected chi connectivity index (χ2v) is 6.48. The van der Waals surface area contributed by atoms with Gasteiger partial charge in [0.05, 0.1) is 37.1 Å². The number of amides is 1. The van der Waals surface area contributed by atoms with Crippen molar-refractivity contribution in [2.45, 2.75) is 12.6 Å². The summed E-state index contributed by atoms with van der Waals surface area (Å²) in [5.74, 6) is -0.989. The van der Waals surface area contributed by atoms with Crippen molar-refractivity contribution in [1.29, 1.82) is 0 Å². The number of anilines is 1. The molecule has 0 unspecified atom stereocenters. The number of alkyl halides is 3. The Balaban J connectivity index is 1.57. The van der Waals surface area contributed by atoms with Crippen molar-refractivity contribution in [3.8, 4) is 0 Å². The van der Waals surface area contributed by atoms with Gasteiger partial charge in [0, 0.05) is 13.1 Å². The minimum atomic E-state index is -4.47. The van der Waals surface area contributed by atoms with Gasteiger partial charge in [-0.2, -0.15) is 18.3 Å². The highest BCUT2D eigenvalue weighted by Crippen LogP contribution is 2.29. The molecule has 0 bridgehead atoms. The summed E-state index contributed by atoms with van der Waals surface area (Å²) in [5.41, 5.74) is 2.55. The van der Waals surface area contributed by atoms with E-state index in [2.05, 4.69) is 10.5 Å². The molecule has 2 aromatic carbocycles. The highest BCUT2D eigenvalue weighted by Gasteiger charge is 2.30. The number of nitrogens with one attached hydrogen (secondary N) is 1. The van der Waals surface area contributed by atoms with Crippen LogP contribution in [-0.2, 0) is 22.1 Å². The molecule has 1 heterocycles. The average Bonchev–Trinajstić information content (AvgIpc) is 2.68. The van der Waals surface area contributed by atoms with E-state index in [4.69, 9.17) is 4.74 Å². The third-order valence-electron chi connectivity index (χ3n) is 4.35. The molecule has 0 atom stereocenters. The van der Waals surface area contributed by atoms with E-state index in [-0.39, 0.29) is 12.0 Å². The van der Waals surface area contributed by atoms with E-state index in [9.17, 15) is 22.4 Å². The smallest absolute Gasteiger partial charge is 0.378 e. The van der Waals surface area contributed by atoms with Crippen LogP contribution in [-0.4, -0.2) is 38.4 Å². The van der Waals surface area contributed by atoms with Gasteiger partial charge in [0.25, 0.3) is 0 Å². The predicted octanol–water partition coefficient (Wildman–Crippen LogP) is 3.37. The summed E-state index contributed by atoms with van der Waals surface area (Å²) in [6.07, 6.45) is -3.45. The van der Waals surface area contributed by atoms with Crippen molar-refractivity contribution >= 4 is 17.8 Å². The molecular weight excluding hydrogens is 390 g/mol. The Morgan fingerprint density at radius 2 is 1.93 bits per heavy atom. The third-order valence-corrected chi connectivity index (χ3v) is 4.35. The van der Waals surface area contributed by atoms with Gasteiger partial charge in [0.2, 0.25) is 5.91 Å². The highest BCUT2D eigenvalue weighted by molar-refractivity contribution is 5.83. The zero-order chi connectivity index (χ0) is 20.9. The summed E-state index contributed by atoms with van der Waals surface area (Å²) < 4.78 is 57.7. The molecule has 1 fully saturated rings. The van der Waals surface area contributed by atoms with Crippen molar-refractivity contribution in [3.05, 3.63) is 65.0 Å². The maximum absolute atomic E-state index is 14.3. The van der Waals surface area contributed by atoms with Gasteiger partial charge in [0.15, 0.2) is 0 Å². The fourth-order valence-electron chi connectivity index (χ4n) is 2.93. The van der Waals surface area contributed by atoms with Crippen LogP contribution in [0.25, 0.3) is 0 Å². The van der Waals surface area contributed by atoms with Crippen LogP contribution in [0.1, 0.15) is 16.7 Å². The van der Waals surface area contributed by atoms with E-state index in [1.807, 2.05) is 4.90 Å². The minimum Gasteiger partial charge on any atom is -0.378 e. The second kappa shape index (κ2) is 9.04. The first-order chi connectivity index (χ1) is 13.8. The van der Waals surface area contributed by atoms with Gasteiger partial charge in [-0.25, -0.2) is 9.82 Å². The third kappa shape index (κ3) is 5.77. The van der Waals surface area contributed by atoms with Crippen LogP contribution in [0.4, 0.5) is 23.2 Å². The van der Waals surface area contributed by atoms with E-state index < -0.39 is 23.5 Å². The summed E-state index contributed by atoms with van der Waals surface area (Å²) in [5, 5.41) is 3.75. The monoisotopic (exact) mass is 409 g/mol. The summed E-state index contributed by atoms with van der Waals surface area (Å²) >= 11 is 0. The van der Waals surface area contributed by atoms with E-state index in [1.165, 1.54) is 24.4 Å². The minimum absolute atomic E-state index is 0.216. The fraction of sp³-hybridized carbons (Fsp3) is 0.300. The standard InChI is InChI=1S/C20H19F4N3O2/c21-17-11-15(4-5-18(17)27-6-8-29-9-7-27)13-25-26-19(28)12-14-2-1-3-16(10-14)20(22,23)24/h1-5,10-11,13H,6-9,12H2,(H,26,28)/b25-13+. The SMILES string of the molecule is O=C(Cc1cccc(C(F)(F)F)c1)N/N=C/c1ccc(N2CCOCC2)c(F)c1. The van der Waals surface area contributed by atoms with Gasteiger partial charge in [-0.3, -0.25) is 4.79 Å². The number of carbonyl (C=O) groups is 1. The normalized spacial score (nSPS) is 15.0. The number of hydrazone groups is 1. The predicted molar refractivity (Wildman–Crippen MR) is 100 cm³/mol. The first-order valence-corrected chi connectivity index (χ1v) is 8.93. The van der Waals surface area contributed by atoms with E-state index >= 15 is 0 Å². The summed E-state index contributed by atoms with van der Waals surface area (Å²) in [6.45, 7) is 2.30. The molecule has 154 valence electrons. The summed E-state index contributed by atoms with van der Waals surface area (Å²) in [4.78, 5) is 13.8. The van der Waals surface area contributed by atoms with Crippen LogP contribution < -0.4 is 10.3 Å². The first kappa shape index (κ1) is 20.8. The molecule has 0 aliphatic carbocycles. The molecule has 29 heavy (non-hydrogen) atoms. The summed E-state index contributed by atoms with van der Waals surface area (Å²) in [7, 11) is 0. The molecular formula is C20H19F4N3O2. The Labute approximate surface area is 165 Å². The van der Waals surface area contributed by atoms with Crippen LogP contribution >= 0.6 is 0 Å². The fourth-order valence-corrected chi connectivity index (χ4v) is 2.93. The second-order valence-electron chi connectivity index (χ2n) is 6.48. The van der Waals surface area contributed by atoms with E-state index in [1.54, 1.807) is 12.1 Å². The van der Waals surface area contributed by atoms with Crippen LogP contribution in [0, 0.1) is 5.82 Å². The van der Waals surface area contributed by atoms with Crippen molar-refractivity contribution in [2.24, 2.45) is 5.10 Å². The maximum Gasteiger partial charge on any atom is 0.416 e. The van der Waals surface area contributed by atoms with Crippen LogP contribution in [0.2, 0.25) is 0 Å². The molecule has 3 rings (SSSR count). The Morgan fingerprint density at radius 3 is 2.62 bits per heavy atom. The Kier molecular flexibility index (Phi) is 6.48. The van der Waals surface area contributed by atoms with Gasteiger partial charge in [-0.1, -0.05) is 24.3 Å². The van der Waals surface area contributed by atoms with Gasteiger partial charge < -0.3 is 9.64 Å². The highest BCUT2D eigenvalue weighted by atomic mass is 19.4. The number of hydrogen-bond donors (Lipinski definition) is 1. The number of nitrogens with zero attached hydrogens (tertiary/aromatic N) is 2.